The van der Waals surface area contributed by atoms with Crippen molar-refractivity contribution < 1.29 is 4.32 Å². The van der Waals surface area contributed by atoms with Crippen LogP contribution in [0.25, 0.3) is 0 Å². The lowest BCUT2D eigenvalue weighted by atomic mass is 9.87. The van der Waals surface area contributed by atoms with Crippen molar-refractivity contribution in [2.45, 2.75) is 13.2 Å². The summed E-state index contributed by atoms with van der Waals surface area (Å²) in [5.41, 5.74) is 4.62. The number of rotatable bonds is 1. The Morgan fingerprint density at radius 3 is 2.20 bits per heavy atom. The van der Waals surface area contributed by atoms with Crippen LogP contribution in [0.4, 0.5) is 4.32 Å². The van der Waals surface area contributed by atoms with Gasteiger partial charge in [-0.2, -0.15) is 0 Å². The highest BCUT2D eigenvalue weighted by Gasteiger charge is 1.97. The molecule has 30 valence electrons. The van der Waals surface area contributed by atoms with Crippen molar-refractivity contribution in [1.29, 1.82) is 0 Å². The SMILES string of the molecule is CCB(N)F. The molecule has 0 spiro atoms. The van der Waals surface area contributed by atoms with Crippen molar-refractivity contribution in [3.05, 3.63) is 0 Å². The second-order valence-electron chi connectivity index (χ2n) is 0.924. The molecule has 0 aromatic heterocycles. The van der Waals surface area contributed by atoms with E-state index in [-0.39, 0.29) is 0 Å². The van der Waals surface area contributed by atoms with Gasteiger partial charge in [0.05, 0.1) is 0 Å². The van der Waals surface area contributed by atoms with Crippen LogP contribution < -0.4 is 5.64 Å². The zero-order chi connectivity index (χ0) is 4.28. The third-order valence-corrected chi connectivity index (χ3v) is 0.390. The maximum absolute atomic E-state index is 11.2. The minimum Gasteiger partial charge on any atom is -0.341 e. The van der Waals surface area contributed by atoms with E-state index < -0.39 is 7.12 Å². The van der Waals surface area contributed by atoms with Gasteiger partial charge in [0.25, 0.3) is 0 Å². The highest BCUT2D eigenvalue weighted by Crippen LogP contribution is 1.78. The first kappa shape index (κ1) is 4.95. The van der Waals surface area contributed by atoms with E-state index in [2.05, 4.69) is 5.64 Å². The molecule has 0 heterocycles. The first-order valence-corrected chi connectivity index (χ1v) is 1.67. The van der Waals surface area contributed by atoms with Gasteiger partial charge in [0.15, 0.2) is 0 Å². The Balaban J connectivity index is 2.54. The molecule has 0 aromatic carbocycles. The molecule has 5 heavy (non-hydrogen) atoms. The summed E-state index contributed by atoms with van der Waals surface area (Å²) in [4.78, 5) is 0. The van der Waals surface area contributed by atoms with Crippen molar-refractivity contribution in [3.63, 3.8) is 0 Å². The number of nitrogens with two attached hydrogens (primary N) is 1. The van der Waals surface area contributed by atoms with Crippen molar-refractivity contribution in [2.24, 2.45) is 5.64 Å². The van der Waals surface area contributed by atoms with Crippen molar-refractivity contribution >= 4 is 7.12 Å². The molecule has 3 heteroatoms. The Bertz CT molecular complexity index is 23.6. The van der Waals surface area contributed by atoms with Gasteiger partial charge in [-0.3, -0.25) is 0 Å². The van der Waals surface area contributed by atoms with Gasteiger partial charge in [-0.1, -0.05) is 6.92 Å². The third-order valence-electron chi connectivity index (χ3n) is 0.390. The molecule has 0 aliphatic heterocycles. The van der Waals surface area contributed by atoms with Crippen LogP contribution in [-0.2, 0) is 0 Å². The van der Waals surface area contributed by atoms with Crippen LogP contribution in [0.2, 0.25) is 6.32 Å². The van der Waals surface area contributed by atoms with Gasteiger partial charge in [-0.25, -0.2) is 0 Å². The van der Waals surface area contributed by atoms with Crippen LogP contribution in [0.15, 0.2) is 0 Å². The molecule has 0 unspecified atom stereocenters. The zero-order valence-electron chi connectivity index (χ0n) is 3.24. The smallest absolute Gasteiger partial charge is 0.341 e. The standard InChI is InChI=1S/C2H7BFN/c1-2-3(4)5/h2,5H2,1H3. The predicted octanol–water partition coefficient (Wildman–Crippen LogP) is 0.423. The Kier molecular flexibility index (Phi) is 2.19. The third kappa shape index (κ3) is 3.95. The lowest BCUT2D eigenvalue weighted by molar-refractivity contribution is 0.820. The summed E-state index contributed by atoms with van der Waals surface area (Å²) >= 11 is 0. The summed E-state index contributed by atoms with van der Waals surface area (Å²) in [5, 5.41) is 0. The molecular formula is C2H7BFN. The van der Waals surface area contributed by atoms with Gasteiger partial charge in [0.1, 0.15) is 0 Å². The molecule has 0 fully saturated rings. The Morgan fingerprint density at radius 2 is 2.20 bits per heavy atom. The Hall–Kier alpha value is -0.0451. The van der Waals surface area contributed by atoms with Crippen molar-refractivity contribution in [2.75, 3.05) is 0 Å². The summed E-state index contributed by atoms with van der Waals surface area (Å²) in [5.74, 6) is 0. The van der Waals surface area contributed by atoms with Crippen LogP contribution in [0.1, 0.15) is 6.92 Å². The maximum atomic E-state index is 11.2. The van der Waals surface area contributed by atoms with E-state index in [1.54, 1.807) is 6.92 Å². The van der Waals surface area contributed by atoms with Gasteiger partial charge in [-0.15, -0.1) is 0 Å². The molecule has 0 atom stereocenters. The maximum Gasteiger partial charge on any atom is 0.425 e. The number of hydrogen-bond donors (Lipinski definition) is 1. The first-order valence-electron chi connectivity index (χ1n) is 1.67. The molecule has 0 radical (unpaired) electrons. The van der Waals surface area contributed by atoms with E-state index >= 15 is 0 Å². The highest BCUT2D eigenvalue weighted by molar-refractivity contribution is 6.46. The topological polar surface area (TPSA) is 26.0 Å². The van der Waals surface area contributed by atoms with Crippen molar-refractivity contribution in [3.8, 4) is 0 Å². The second-order valence-corrected chi connectivity index (χ2v) is 0.924. The lowest BCUT2D eigenvalue weighted by Gasteiger charge is -1.79. The lowest BCUT2D eigenvalue weighted by Crippen LogP contribution is -2.16. The summed E-state index contributed by atoms with van der Waals surface area (Å²) in [6.45, 7) is 1.70. The largest absolute Gasteiger partial charge is 0.425 e. The van der Waals surface area contributed by atoms with Crippen LogP contribution >= 0.6 is 0 Å². The molecule has 0 bridgehead atoms. The predicted molar refractivity (Wildman–Crippen MR) is 21.5 cm³/mol. The molecule has 2 N–H and O–H groups in total. The van der Waals surface area contributed by atoms with Gasteiger partial charge < -0.3 is 9.96 Å². The van der Waals surface area contributed by atoms with E-state index in [0.717, 1.165) is 0 Å². The van der Waals surface area contributed by atoms with Crippen molar-refractivity contribution in [1.82, 2.24) is 0 Å². The molecule has 0 saturated heterocycles. The molecule has 0 rings (SSSR count). The first-order chi connectivity index (χ1) is 2.27. The molecule has 0 aliphatic carbocycles. The monoisotopic (exact) mass is 75.1 g/mol. The molecule has 0 amide bonds. The van der Waals surface area contributed by atoms with Gasteiger partial charge in [0, 0.05) is 0 Å². The normalized spacial score (nSPS) is 7.80. The summed E-state index contributed by atoms with van der Waals surface area (Å²) in [6, 6.07) is 0. The van der Waals surface area contributed by atoms with E-state index in [0.29, 0.717) is 6.32 Å². The summed E-state index contributed by atoms with van der Waals surface area (Å²) in [6.07, 6.45) is 0.417. The second kappa shape index (κ2) is 2.21. The van der Waals surface area contributed by atoms with Gasteiger partial charge in [0.2, 0.25) is 0 Å². The fraction of sp³-hybridized carbons (Fsp3) is 1.00. The highest BCUT2D eigenvalue weighted by atomic mass is 19.1. The van der Waals surface area contributed by atoms with E-state index in [1.165, 1.54) is 0 Å². The summed E-state index contributed by atoms with van der Waals surface area (Å²) < 4.78 is 11.2. The molecule has 1 nitrogen and oxygen atoms in total. The zero-order valence-corrected chi connectivity index (χ0v) is 3.24. The fourth-order valence-corrected chi connectivity index (χ4v) is 0. The average molecular weight is 74.9 g/mol. The quantitative estimate of drug-likeness (QED) is 0.449. The number of halogens is 1. The van der Waals surface area contributed by atoms with Gasteiger partial charge >= 0.3 is 7.12 Å². The van der Waals surface area contributed by atoms with E-state index in [4.69, 9.17) is 0 Å². The fourth-order valence-electron chi connectivity index (χ4n) is 0. The molecule has 0 aliphatic rings. The average Bonchev–Trinajstić information content (AvgIpc) is 1.38. The Labute approximate surface area is 31.5 Å². The minimum atomic E-state index is -1.12. The molecule has 0 aromatic rings. The van der Waals surface area contributed by atoms with E-state index in [1.807, 2.05) is 0 Å². The van der Waals surface area contributed by atoms with Crippen LogP contribution in [0.3, 0.4) is 0 Å². The molecule has 0 saturated carbocycles. The minimum absolute atomic E-state index is 0.417. The van der Waals surface area contributed by atoms with Gasteiger partial charge in [-0.05, 0) is 6.32 Å². The van der Waals surface area contributed by atoms with Crippen LogP contribution in [0.5, 0.6) is 0 Å². The number of hydrogen-bond acceptors (Lipinski definition) is 1. The molecular weight excluding hydrogens is 67.8 g/mol. The van der Waals surface area contributed by atoms with Crippen LogP contribution in [-0.4, -0.2) is 7.12 Å². The Morgan fingerprint density at radius 1 is 2.00 bits per heavy atom. The van der Waals surface area contributed by atoms with Crippen LogP contribution in [0, 0.1) is 0 Å². The van der Waals surface area contributed by atoms with E-state index in [9.17, 15) is 4.32 Å². The summed E-state index contributed by atoms with van der Waals surface area (Å²) in [7, 11) is -1.12.